The molecule has 0 saturated heterocycles. The molecule has 0 unspecified atom stereocenters. The van der Waals surface area contributed by atoms with Crippen molar-refractivity contribution in [3.63, 3.8) is 0 Å². The summed E-state index contributed by atoms with van der Waals surface area (Å²) < 4.78 is 9.48. The second-order valence-electron chi connectivity index (χ2n) is 5.89. The lowest BCUT2D eigenvalue weighted by Crippen LogP contribution is -2.50. The minimum atomic E-state index is -1.77. The maximum absolute atomic E-state index is 11.3. The molecule has 2 amide bonds. The van der Waals surface area contributed by atoms with Crippen LogP contribution >= 0.6 is 0 Å². The summed E-state index contributed by atoms with van der Waals surface area (Å²) in [5, 5.41) is 38.3. The molecule has 0 rings (SSSR count). The molecular formula is C18H37N3O11. The van der Waals surface area contributed by atoms with Crippen LogP contribution in [0.4, 0.5) is 0 Å². The van der Waals surface area contributed by atoms with Gasteiger partial charge in [-0.3, -0.25) is 24.0 Å². The summed E-state index contributed by atoms with van der Waals surface area (Å²) in [5.74, 6) is -2.56. The molecule has 190 valence electrons. The van der Waals surface area contributed by atoms with E-state index in [1.807, 2.05) is 14.1 Å². The van der Waals surface area contributed by atoms with Crippen LogP contribution in [-0.4, -0.2) is 102 Å². The number of aldehydes is 1. The number of aliphatic hydroxyl groups is 4. The van der Waals surface area contributed by atoms with Gasteiger partial charge < -0.3 is 46.7 Å². The SMILES string of the molecule is CC(N)=O.CCCC(=O)O[C@@H](C=O)[C@@H](OC(C)=O)[C@H](O)[C@H](O)CO.CNC.NC(=O)CO. The maximum atomic E-state index is 11.3. The zero-order chi connectivity index (χ0) is 26.3. The molecule has 14 nitrogen and oxygen atoms in total. The molecule has 0 aromatic heterocycles. The third-order valence-corrected chi connectivity index (χ3v) is 2.56. The van der Waals surface area contributed by atoms with Gasteiger partial charge in [-0.1, -0.05) is 6.92 Å². The number of rotatable bonds is 10. The maximum Gasteiger partial charge on any atom is 0.306 e. The Balaban J connectivity index is -0.000000267. The van der Waals surface area contributed by atoms with Crippen LogP contribution in [0.1, 0.15) is 33.6 Å². The Labute approximate surface area is 186 Å². The quantitative estimate of drug-likeness (QED) is 0.120. The first-order chi connectivity index (χ1) is 14.8. The molecule has 0 bridgehead atoms. The average Bonchev–Trinajstić information content (AvgIpc) is 2.70. The minimum absolute atomic E-state index is 0.0514. The molecule has 0 aliphatic rings. The normalized spacial score (nSPS) is 12.9. The molecule has 32 heavy (non-hydrogen) atoms. The first kappa shape index (κ1) is 36.7. The third-order valence-electron chi connectivity index (χ3n) is 2.56. The van der Waals surface area contributed by atoms with Gasteiger partial charge in [0.2, 0.25) is 11.8 Å². The van der Waals surface area contributed by atoms with Gasteiger partial charge in [-0.05, 0) is 20.5 Å². The Morgan fingerprint density at radius 1 is 1.03 bits per heavy atom. The summed E-state index contributed by atoms with van der Waals surface area (Å²) in [5.41, 5.74) is 8.88. The summed E-state index contributed by atoms with van der Waals surface area (Å²) in [6.45, 7) is 2.69. The number of nitrogens with two attached hydrogens (primary N) is 2. The fraction of sp³-hybridized carbons (Fsp3) is 0.722. The lowest BCUT2D eigenvalue weighted by molar-refractivity contribution is -0.183. The van der Waals surface area contributed by atoms with E-state index in [2.05, 4.69) is 16.8 Å². The molecule has 0 aromatic rings. The number of primary amides is 2. The second-order valence-corrected chi connectivity index (χ2v) is 5.89. The van der Waals surface area contributed by atoms with E-state index in [1.54, 1.807) is 6.92 Å². The molecule has 4 atom stereocenters. The molecular weight excluding hydrogens is 434 g/mol. The molecule has 0 aliphatic carbocycles. The van der Waals surface area contributed by atoms with Crippen LogP contribution in [0, 0.1) is 0 Å². The summed E-state index contributed by atoms with van der Waals surface area (Å²) in [4.78, 5) is 51.8. The topological polar surface area (TPSA) is 249 Å². The van der Waals surface area contributed by atoms with Crippen LogP contribution < -0.4 is 16.8 Å². The highest BCUT2D eigenvalue weighted by Crippen LogP contribution is 2.13. The molecule has 0 heterocycles. The molecule has 0 spiro atoms. The van der Waals surface area contributed by atoms with Crippen molar-refractivity contribution in [1.29, 1.82) is 0 Å². The minimum Gasteiger partial charge on any atom is -0.455 e. The van der Waals surface area contributed by atoms with Crippen molar-refractivity contribution < 1.29 is 53.9 Å². The van der Waals surface area contributed by atoms with Crippen molar-refractivity contribution in [3.05, 3.63) is 0 Å². The average molecular weight is 472 g/mol. The fourth-order valence-corrected chi connectivity index (χ4v) is 1.44. The van der Waals surface area contributed by atoms with Crippen molar-refractivity contribution in [2.75, 3.05) is 27.3 Å². The number of aliphatic hydroxyl groups excluding tert-OH is 4. The van der Waals surface area contributed by atoms with Crippen LogP contribution in [0.3, 0.4) is 0 Å². The Morgan fingerprint density at radius 3 is 1.69 bits per heavy atom. The Hall–Kier alpha value is -2.65. The van der Waals surface area contributed by atoms with Crippen LogP contribution in [0.15, 0.2) is 0 Å². The number of hydrogen-bond acceptors (Lipinski definition) is 12. The van der Waals surface area contributed by atoms with E-state index in [4.69, 9.17) is 19.7 Å². The second kappa shape index (κ2) is 24.6. The third kappa shape index (κ3) is 27.4. The first-order valence-corrected chi connectivity index (χ1v) is 9.31. The van der Waals surface area contributed by atoms with Crippen molar-refractivity contribution in [1.82, 2.24) is 5.32 Å². The number of carbonyl (C=O) groups is 5. The summed E-state index contributed by atoms with van der Waals surface area (Å²) in [6, 6.07) is 0. The number of carbonyl (C=O) groups excluding carboxylic acids is 5. The number of amides is 2. The molecule has 0 radical (unpaired) electrons. The summed E-state index contributed by atoms with van der Waals surface area (Å²) in [6.07, 6.45) is -5.84. The van der Waals surface area contributed by atoms with Crippen molar-refractivity contribution in [2.24, 2.45) is 11.5 Å². The van der Waals surface area contributed by atoms with Crippen LogP contribution in [0.25, 0.3) is 0 Å². The smallest absolute Gasteiger partial charge is 0.306 e. The van der Waals surface area contributed by atoms with Gasteiger partial charge in [0.15, 0.2) is 18.5 Å². The van der Waals surface area contributed by atoms with Gasteiger partial charge in [-0.15, -0.1) is 0 Å². The van der Waals surface area contributed by atoms with Gasteiger partial charge in [-0.2, -0.15) is 0 Å². The monoisotopic (exact) mass is 471 g/mol. The molecule has 9 N–H and O–H groups in total. The predicted molar refractivity (Wildman–Crippen MR) is 112 cm³/mol. The lowest BCUT2D eigenvalue weighted by atomic mass is 10.0. The molecule has 0 aromatic carbocycles. The zero-order valence-electron chi connectivity index (χ0n) is 19.0. The molecule has 0 fully saturated rings. The number of hydrogen-bond donors (Lipinski definition) is 7. The lowest BCUT2D eigenvalue weighted by Gasteiger charge is -2.28. The van der Waals surface area contributed by atoms with Gasteiger partial charge in [0.1, 0.15) is 18.8 Å². The summed E-state index contributed by atoms with van der Waals surface area (Å²) in [7, 11) is 3.75. The Morgan fingerprint density at radius 2 is 1.44 bits per heavy atom. The molecule has 14 heteroatoms. The van der Waals surface area contributed by atoms with Crippen molar-refractivity contribution in [2.45, 2.75) is 58.0 Å². The van der Waals surface area contributed by atoms with Crippen molar-refractivity contribution in [3.8, 4) is 0 Å². The van der Waals surface area contributed by atoms with Crippen LogP contribution in [-0.2, 0) is 33.4 Å². The number of nitrogens with one attached hydrogen (secondary N) is 1. The van der Waals surface area contributed by atoms with E-state index in [0.717, 1.165) is 6.92 Å². The van der Waals surface area contributed by atoms with Crippen LogP contribution in [0.5, 0.6) is 0 Å². The van der Waals surface area contributed by atoms with Gasteiger partial charge in [0.25, 0.3) is 0 Å². The van der Waals surface area contributed by atoms with E-state index >= 15 is 0 Å². The Kier molecular flexibility index (Phi) is 28.2. The molecule has 0 saturated carbocycles. The standard InChI is InChI=1S/C12H20O8.C2H5NO2.C2H5NO.C2H7N/c1-3-4-10(17)20-9(6-14)12(19-7(2)15)11(18)8(16)5-13;3-2(5)1-4;1-2(3)4;1-3-2/h6,8-9,11-13,16,18H,3-5H2,1-2H3;4H,1H2,(H2,3,5);1H3,(H2,3,4);3H,1-2H3/t8-,9+,11-,12-;;;/m1.../s1. The fourth-order valence-electron chi connectivity index (χ4n) is 1.44. The van der Waals surface area contributed by atoms with Gasteiger partial charge in [0.05, 0.1) is 6.61 Å². The zero-order valence-corrected chi connectivity index (χ0v) is 19.0. The predicted octanol–water partition coefficient (Wildman–Crippen LogP) is -3.67. The summed E-state index contributed by atoms with van der Waals surface area (Å²) >= 11 is 0. The van der Waals surface area contributed by atoms with E-state index in [-0.39, 0.29) is 18.6 Å². The van der Waals surface area contributed by atoms with E-state index in [1.165, 1.54) is 6.92 Å². The van der Waals surface area contributed by atoms with Gasteiger partial charge in [0, 0.05) is 20.3 Å². The van der Waals surface area contributed by atoms with E-state index < -0.39 is 55.5 Å². The highest BCUT2D eigenvalue weighted by molar-refractivity contribution is 5.74. The van der Waals surface area contributed by atoms with Gasteiger partial charge >= 0.3 is 11.9 Å². The highest BCUT2D eigenvalue weighted by Gasteiger charge is 2.37. The van der Waals surface area contributed by atoms with Gasteiger partial charge in [-0.25, -0.2) is 0 Å². The highest BCUT2D eigenvalue weighted by atomic mass is 16.6. The van der Waals surface area contributed by atoms with Crippen LogP contribution in [0.2, 0.25) is 0 Å². The van der Waals surface area contributed by atoms with E-state index in [0.29, 0.717) is 6.42 Å². The molecule has 0 aliphatic heterocycles. The Bertz CT molecular complexity index is 528. The number of ether oxygens (including phenoxy) is 2. The number of esters is 2. The van der Waals surface area contributed by atoms with E-state index in [9.17, 15) is 34.2 Å². The van der Waals surface area contributed by atoms with Crippen molar-refractivity contribution >= 4 is 30.0 Å². The largest absolute Gasteiger partial charge is 0.455 e. The first-order valence-electron chi connectivity index (χ1n) is 9.31.